The van der Waals surface area contributed by atoms with Crippen LogP contribution in [0.2, 0.25) is 0 Å². The molecule has 1 aliphatic carbocycles. The molecule has 1 atom stereocenters. The van der Waals surface area contributed by atoms with Crippen LogP contribution in [0, 0.1) is 5.92 Å². The summed E-state index contributed by atoms with van der Waals surface area (Å²) < 4.78 is 7.30. The smallest absolute Gasteiger partial charge is 0.262 e. The second-order valence-electron chi connectivity index (χ2n) is 7.67. The number of ether oxygens (including phenoxy) is 1. The highest BCUT2D eigenvalue weighted by Gasteiger charge is 2.15. The number of hydrogen-bond acceptors (Lipinski definition) is 5. The maximum absolute atomic E-state index is 13.0. The summed E-state index contributed by atoms with van der Waals surface area (Å²) >= 11 is 0. The molecule has 0 radical (unpaired) electrons. The second-order valence-corrected chi connectivity index (χ2v) is 7.67. The largest absolute Gasteiger partial charge is 0.379 e. The van der Waals surface area contributed by atoms with Gasteiger partial charge in [-0.1, -0.05) is 19.1 Å². The van der Waals surface area contributed by atoms with Crippen molar-refractivity contribution in [3.05, 3.63) is 34.6 Å². The third-order valence-corrected chi connectivity index (χ3v) is 4.90. The minimum atomic E-state index is -0.0372. The highest BCUT2D eigenvalue weighted by molar-refractivity contribution is 5.86. The molecule has 146 valence electrons. The SMILES string of the molecule is CC(C)OCCCn1c(N/N=C2/CCC[C@@H](C)C2)nc2ccccc2c1=O. The third kappa shape index (κ3) is 5.16. The Kier molecular flexibility index (Phi) is 6.61. The first-order valence-electron chi connectivity index (χ1n) is 9.97. The fraction of sp³-hybridized carbons (Fsp3) is 0.571. The highest BCUT2D eigenvalue weighted by Crippen LogP contribution is 2.21. The van der Waals surface area contributed by atoms with E-state index in [0.29, 0.717) is 35.9 Å². The number of anilines is 1. The maximum atomic E-state index is 13.0. The lowest BCUT2D eigenvalue weighted by Crippen LogP contribution is -2.25. The summed E-state index contributed by atoms with van der Waals surface area (Å²) in [5.74, 6) is 1.17. The van der Waals surface area contributed by atoms with Gasteiger partial charge in [-0.3, -0.25) is 9.36 Å². The monoisotopic (exact) mass is 370 g/mol. The Bertz CT molecular complexity index is 857. The maximum Gasteiger partial charge on any atom is 0.262 e. The van der Waals surface area contributed by atoms with Crippen LogP contribution in [0.4, 0.5) is 5.95 Å². The molecule has 6 nitrogen and oxygen atoms in total. The van der Waals surface area contributed by atoms with Gasteiger partial charge in [0.15, 0.2) is 0 Å². The van der Waals surface area contributed by atoms with Crippen molar-refractivity contribution >= 4 is 22.6 Å². The lowest BCUT2D eigenvalue weighted by molar-refractivity contribution is 0.0748. The first-order chi connectivity index (χ1) is 13.0. The quantitative estimate of drug-likeness (QED) is 0.586. The van der Waals surface area contributed by atoms with E-state index in [2.05, 4.69) is 22.4 Å². The van der Waals surface area contributed by atoms with E-state index in [-0.39, 0.29) is 11.7 Å². The van der Waals surface area contributed by atoms with Crippen molar-refractivity contribution < 1.29 is 4.74 Å². The fourth-order valence-electron chi connectivity index (χ4n) is 3.49. The molecule has 1 fully saturated rings. The van der Waals surface area contributed by atoms with Gasteiger partial charge in [-0.2, -0.15) is 5.10 Å². The predicted molar refractivity (Wildman–Crippen MR) is 110 cm³/mol. The zero-order valence-electron chi connectivity index (χ0n) is 16.6. The van der Waals surface area contributed by atoms with Crippen LogP contribution < -0.4 is 11.0 Å². The third-order valence-electron chi connectivity index (χ3n) is 4.90. The van der Waals surface area contributed by atoms with Gasteiger partial charge in [-0.25, -0.2) is 10.4 Å². The Morgan fingerprint density at radius 3 is 2.96 bits per heavy atom. The molecule has 0 amide bonds. The molecular weight excluding hydrogens is 340 g/mol. The van der Waals surface area contributed by atoms with Gasteiger partial charge in [-0.05, 0) is 64.0 Å². The number of rotatable bonds is 7. The molecule has 1 aromatic heterocycles. The molecule has 0 spiro atoms. The standard InChI is InChI=1S/C21H30N4O2/c1-15(2)27-13-7-12-25-20(26)18-10-4-5-11-19(18)22-21(25)24-23-17-9-6-8-16(3)14-17/h4-5,10-11,15-16H,6-9,12-14H2,1-3H3,(H,22,24)/b23-17-/t16-/m1/s1. The summed E-state index contributed by atoms with van der Waals surface area (Å²) in [6, 6.07) is 7.46. The van der Waals surface area contributed by atoms with Crippen LogP contribution in [-0.4, -0.2) is 28.0 Å². The van der Waals surface area contributed by atoms with E-state index >= 15 is 0 Å². The average molecular weight is 370 g/mol. The molecule has 27 heavy (non-hydrogen) atoms. The van der Waals surface area contributed by atoms with E-state index in [0.717, 1.165) is 25.0 Å². The van der Waals surface area contributed by atoms with Crippen LogP contribution in [-0.2, 0) is 11.3 Å². The van der Waals surface area contributed by atoms with Crippen molar-refractivity contribution in [2.45, 2.75) is 65.5 Å². The van der Waals surface area contributed by atoms with Gasteiger partial charge in [-0.15, -0.1) is 0 Å². The van der Waals surface area contributed by atoms with Gasteiger partial charge in [0, 0.05) is 18.9 Å². The molecule has 1 saturated carbocycles. The van der Waals surface area contributed by atoms with Gasteiger partial charge in [0.25, 0.3) is 5.56 Å². The van der Waals surface area contributed by atoms with E-state index in [1.807, 2.05) is 38.1 Å². The summed E-state index contributed by atoms with van der Waals surface area (Å²) in [4.78, 5) is 17.6. The Morgan fingerprint density at radius 1 is 1.37 bits per heavy atom. The van der Waals surface area contributed by atoms with Crippen LogP contribution in [0.15, 0.2) is 34.2 Å². The van der Waals surface area contributed by atoms with Crippen LogP contribution in [0.25, 0.3) is 10.9 Å². The van der Waals surface area contributed by atoms with Crippen LogP contribution in [0.1, 0.15) is 52.9 Å². The molecule has 2 aromatic rings. The van der Waals surface area contributed by atoms with Crippen molar-refractivity contribution in [2.24, 2.45) is 11.0 Å². The molecule has 3 rings (SSSR count). The average Bonchev–Trinajstić information content (AvgIpc) is 2.65. The van der Waals surface area contributed by atoms with E-state index in [9.17, 15) is 4.79 Å². The first-order valence-corrected chi connectivity index (χ1v) is 9.97. The molecule has 1 aromatic carbocycles. The van der Waals surface area contributed by atoms with E-state index in [1.165, 1.54) is 12.8 Å². The number of hydrogen-bond donors (Lipinski definition) is 1. The van der Waals surface area contributed by atoms with Gasteiger partial charge in [0.05, 0.1) is 17.0 Å². The predicted octanol–water partition coefficient (Wildman–Crippen LogP) is 4.19. The van der Waals surface area contributed by atoms with Crippen LogP contribution in [0.3, 0.4) is 0 Å². The molecule has 1 aliphatic rings. The number of fused-ring (bicyclic) bond motifs is 1. The Hall–Kier alpha value is -2.21. The molecule has 0 aliphatic heterocycles. The zero-order chi connectivity index (χ0) is 19.2. The number of para-hydroxylation sites is 1. The summed E-state index contributed by atoms with van der Waals surface area (Å²) in [5.41, 5.74) is 4.90. The number of nitrogens with one attached hydrogen (secondary N) is 1. The van der Waals surface area contributed by atoms with Crippen molar-refractivity contribution in [3.8, 4) is 0 Å². The van der Waals surface area contributed by atoms with Crippen molar-refractivity contribution in [1.82, 2.24) is 9.55 Å². The second kappa shape index (κ2) is 9.13. The molecule has 0 unspecified atom stereocenters. The fourth-order valence-corrected chi connectivity index (χ4v) is 3.49. The topological polar surface area (TPSA) is 68.5 Å². The molecule has 1 heterocycles. The molecule has 0 bridgehead atoms. The summed E-state index contributed by atoms with van der Waals surface area (Å²) in [7, 11) is 0. The van der Waals surface area contributed by atoms with Crippen LogP contribution >= 0.6 is 0 Å². The van der Waals surface area contributed by atoms with Gasteiger partial charge in [0.1, 0.15) is 0 Å². The number of hydrazone groups is 1. The minimum absolute atomic E-state index is 0.0372. The van der Waals surface area contributed by atoms with Gasteiger partial charge in [0.2, 0.25) is 5.95 Å². The minimum Gasteiger partial charge on any atom is -0.379 e. The molecule has 6 heteroatoms. The van der Waals surface area contributed by atoms with E-state index in [1.54, 1.807) is 4.57 Å². The Morgan fingerprint density at radius 2 is 2.19 bits per heavy atom. The highest BCUT2D eigenvalue weighted by atomic mass is 16.5. The summed E-state index contributed by atoms with van der Waals surface area (Å²) in [6.45, 7) is 7.44. The Balaban J connectivity index is 1.85. The number of aromatic nitrogens is 2. The first kappa shape index (κ1) is 19.5. The van der Waals surface area contributed by atoms with E-state index < -0.39 is 0 Å². The van der Waals surface area contributed by atoms with Crippen molar-refractivity contribution in [3.63, 3.8) is 0 Å². The lowest BCUT2D eigenvalue weighted by Gasteiger charge is -2.19. The van der Waals surface area contributed by atoms with Gasteiger partial charge >= 0.3 is 0 Å². The number of benzene rings is 1. The van der Waals surface area contributed by atoms with Crippen molar-refractivity contribution in [1.29, 1.82) is 0 Å². The Labute approximate surface area is 160 Å². The molecular formula is C21H30N4O2. The summed E-state index contributed by atoms with van der Waals surface area (Å²) in [5, 5.41) is 5.21. The number of nitrogens with zero attached hydrogens (tertiary/aromatic N) is 3. The van der Waals surface area contributed by atoms with Crippen molar-refractivity contribution in [2.75, 3.05) is 12.0 Å². The van der Waals surface area contributed by atoms with Crippen LogP contribution in [0.5, 0.6) is 0 Å². The van der Waals surface area contributed by atoms with Gasteiger partial charge < -0.3 is 4.74 Å². The zero-order valence-corrected chi connectivity index (χ0v) is 16.6. The summed E-state index contributed by atoms with van der Waals surface area (Å²) in [6.07, 6.45) is 5.39. The molecule has 1 N–H and O–H groups in total. The molecule has 0 saturated heterocycles. The van der Waals surface area contributed by atoms with E-state index in [4.69, 9.17) is 4.74 Å². The lowest BCUT2D eigenvalue weighted by atomic mass is 9.89. The normalized spacial score (nSPS) is 19.1.